The third kappa shape index (κ3) is 2.55. The average molecular weight is 337 g/mol. The summed E-state index contributed by atoms with van der Waals surface area (Å²) in [7, 11) is 1.54. The summed E-state index contributed by atoms with van der Waals surface area (Å²) in [5, 5.41) is 4.13. The highest BCUT2D eigenvalue weighted by Gasteiger charge is 2.17. The highest BCUT2D eigenvalue weighted by Crippen LogP contribution is 2.28. The van der Waals surface area contributed by atoms with Crippen LogP contribution in [0.15, 0.2) is 58.0 Å². The van der Waals surface area contributed by atoms with E-state index < -0.39 is 5.82 Å². The monoisotopic (exact) mass is 337 g/mol. The van der Waals surface area contributed by atoms with Gasteiger partial charge in [0, 0.05) is 17.1 Å². The number of rotatable bonds is 3. The molecule has 124 valence electrons. The Kier molecular flexibility index (Phi) is 3.53. The van der Waals surface area contributed by atoms with Crippen molar-refractivity contribution >= 4 is 10.9 Å². The molecule has 2 heterocycles. The van der Waals surface area contributed by atoms with Crippen LogP contribution in [0.25, 0.3) is 33.7 Å². The van der Waals surface area contributed by atoms with Crippen molar-refractivity contribution in [3.05, 3.63) is 64.7 Å². The molecule has 2 aromatic heterocycles. The first-order valence-electron chi connectivity index (χ1n) is 7.46. The first-order chi connectivity index (χ1) is 12.2. The van der Waals surface area contributed by atoms with Gasteiger partial charge in [-0.15, -0.1) is 0 Å². The molecule has 25 heavy (non-hydrogen) atoms. The maximum Gasteiger partial charge on any atom is 0.263 e. The fourth-order valence-corrected chi connectivity index (χ4v) is 2.62. The van der Waals surface area contributed by atoms with Crippen LogP contribution in [-0.2, 0) is 0 Å². The molecule has 0 unspecified atom stereocenters. The van der Waals surface area contributed by atoms with Crippen molar-refractivity contribution in [2.45, 2.75) is 0 Å². The van der Waals surface area contributed by atoms with Crippen molar-refractivity contribution in [2.24, 2.45) is 0 Å². The summed E-state index contributed by atoms with van der Waals surface area (Å²) in [6.45, 7) is 0. The van der Waals surface area contributed by atoms with Crippen molar-refractivity contribution < 1.29 is 13.7 Å². The van der Waals surface area contributed by atoms with Gasteiger partial charge in [0.1, 0.15) is 17.1 Å². The number of ether oxygens (including phenoxy) is 1. The topological polar surface area (TPSA) is 81.0 Å². The molecule has 7 heteroatoms. The van der Waals surface area contributed by atoms with Gasteiger partial charge in [0.15, 0.2) is 0 Å². The van der Waals surface area contributed by atoms with Gasteiger partial charge in [-0.05, 0) is 30.3 Å². The number of halogens is 1. The number of hydrogen-bond acceptors (Lipinski definition) is 5. The van der Waals surface area contributed by atoms with E-state index in [1.807, 2.05) is 12.1 Å². The number of pyridine rings is 1. The van der Waals surface area contributed by atoms with Crippen LogP contribution in [0.4, 0.5) is 4.39 Å². The molecule has 4 aromatic rings. The molecule has 0 aliphatic rings. The van der Waals surface area contributed by atoms with Crippen LogP contribution in [-0.4, -0.2) is 22.2 Å². The summed E-state index contributed by atoms with van der Waals surface area (Å²) in [5.74, 6) is 0.444. The third-order valence-electron chi connectivity index (χ3n) is 3.85. The zero-order valence-corrected chi connectivity index (χ0v) is 13.1. The second kappa shape index (κ2) is 5.86. The zero-order valence-electron chi connectivity index (χ0n) is 13.1. The fraction of sp³-hybridized carbons (Fsp3) is 0.0556. The minimum Gasteiger partial charge on any atom is -0.496 e. The van der Waals surface area contributed by atoms with Crippen molar-refractivity contribution in [3.8, 4) is 28.6 Å². The van der Waals surface area contributed by atoms with Gasteiger partial charge in [0.25, 0.3) is 5.89 Å². The molecule has 0 bridgehead atoms. The Hall–Kier alpha value is -3.48. The summed E-state index contributed by atoms with van der Waals surface area (Å²) in [5.41, 5.74) is 0.957. The molecule has 4 rings (SSSR count). The van der Waals surface area contributed by atoms with Crippen LogP contribution in [0, 0.1) is 5.82 Å². The van der Waals surface area contributed by atoms with Gasteiger partial charge in [0.2, 0.25) is 11.3 Å². The van der Waals surface area contributed by atoms with Crippen molar-refractivity contribution in [3.63, 3.8) is 0 Å². The number of H-pyrrole nitrogens is 1. The summed E-state index contributed by atoms with van der Waals surface area (Å²) in [6.07, 6.45) is 1.47. The molecule has 0 aliphatic heterocycles. The third-order valence-corrected chi connectivity index (χ3v) is 3.85. The van der Waals surface area contributed by atoms with Gasteiger partial charge in [0.05, 0.1) is 12.7 Å². The van der Waals surface area contributed by atoms with E-state index in [1.54, 1.807) is 19.2 Å². The lowest BCUT2D eigenvalue weighted by molar-refractivity contribution is 0.413. The van der Waals surface area contributed by atoms with Crippen LogP contribution in [0.5, 0.6) is 5.75 Å². The molecule has 0 radical (unpaired) electrons. The summed E-state index contributed by atoms with van der Waals surface area (Å²) in [6, 6.07) is 11.2. The van der Waals surface area contributed by atoms with E-state index in [1.165, 1.54) is 24.4 Å². The molecule has 0 atom stereocenters. The predicted octanol–water partition coefficient (Wildman–Crippen LogP) is 3.39. The molecule has 0 fully saturated rings. The average Bonchev–Trinajstić information content (AvgIpc) is 3.12. The van der Waals surface area contributed by atoms with Gasteiger partial charge in [-0.1, -0.05) is 17.3 Å². The number of para-hydroxylation sites is 1. The quantitative estimate of drug-likeness (QED) is 0.620. The first kappa shape index (κ1) is 15.1. The number of aromatic amines is 1. The summed E-state index contributed by atoms with van der Waals surface area (Å²) in [4.78, 5) is 19.8. The van der Waals surface area contributed by atoms with Gasteiger partial charge < -0.3 is 14.2 Å². The molecule has 6 nitrogen and oxygen atoms in total. The number of nitrogens with zero attached hydrogens (tertiary/aromatic N) is 2. The molecule has 2 aromatic carbocycles. The van der Waals surface area contributed by atoms with Crippen LogP contribution < -0.4 is 10.2 Å². The largest absolute Gasteiger partial charge is 0.496 e. The number of hydrogen-bond donors (Lipinski definition) is 1. The van der Waals surface area contributed by atoms with Crippen LogP contribution >= 0.6 is 0 Å². The second-order valence-corrected chi connectivity index (χ2v) is 5.34. The SMILES string of the molecule is COc1ccccc1-c1noc(-c2c[nH]c3ccc(F)cc3c2=O)n1. The number of methoxy groups -OCH3 is 1. The Bertz CT molecular complexity index is 1130. The molecule has 0 aliphatic carbocycles. The summed E-state index contributed by atoms with van der Waals surface area (Å²) < 4.78 is 24.0. The molecule has 0 saturated heterocycles. The molecular weight excluding hydrogens is 325 g/mol. The minimum absolute atomic E-state index is 0.0494. The maximum absolute atomic E-state index is 13.4. The number of aromatic nitrogens is 3. The van der Waals surface area contributed by atoms with Crippen LogP contribution in [0.2, 0.25) is 0 Å². The highest BCUT2D eigenvalue weighted by molar-refractivity contribution is 5.82. The highest BCUT2D eigenvalue weighted by atomic mass is 19.1. The Labute approximate surface area is 140 Å². The van der Waals surface area contributed by atoms with Gasteiger partial charge in [-0.2, -0.15) is 4.98 Å². The van der Waals surface area contributed by atoms with E-state index in [9.17, 15) is 9.18 Å². The van der Waals surface area contributed by atoms with E-state index >= 15 is 0 Å². The fourth-order valence-electron chi connectivity index (χ4n) is 2.62. The lowest BCUT2D eigenvalue weighted by atomic mass is 10.1. The van der Waals surface area contributed by atoms with Gasteiger partial charge in [-0.3, -0.25) is 4.79 Å². The zero-order chi connectivity index (χ0) is 17.4. The Morgan fingerprint density at radius 3 is 2.84 bits per heavy atom. The maximum atomic E-state index is 13.4. The minimum atomic E-state index is -0.490. The lowest BCUT2D eigenvalue weighted by Gasteiger charge is -2.03. The van der Waals surface area contributed by atoms with E-state index in [0.717, 1.165) is 0 Å². The Morgan fingerprint density at radius 2 is 2.00 bits per heavy atom. The molecule has 0 saturated carbocycles. The second-order valence-electron chi connectivity index (χ2n) is 5.34. The van der Waals surface area contributed by atoms with E-state index in [0.29, 0.717) is 22.7 Å². The lowest BCUT2D eigenvalue weighted by Crippen LogP contribution is -2.06. The van der Waals surface area contributed by atoms with Crippen molar-refractivity contribution in [1.29, 1.82) is 0 Å². The van der Waals surface area contributed by atoms with E-state index in [2.05, 4.69) is 15.1 Å². The Balaban J connectivity index is 1.84. The Morgan fingerprint density at radius 1 is 1.16 bits per heavy atom. The standard InChI is InChI=1S/C18H12FN3O3/c1-24-15-5-3-2-4-11(15)17-21-18(25-22-17)13-9-20-14-7-6-10(19)8-12(14)16(13)23/h2-9H,1H3,(H,20,23). The van der Waals surface area contributed by atoms with Crippen LogP contribution in [0.1, 0.15) is 0 Å². The summed E-state index contributed by atoms with van der Waals surface area (Å²) >= 11 is 0. The van der Waals surface area contributed by atoms with E-state index in [-0.39, 0.29) is 22.3 Å². The number of fused-ring (bicyclic) bond motifs is 1. The van der Waals surface area contributed by atoms with Crippen LogP contribution in [0.3, 0.4) is 0 Å². The van der Waals surface area contributed by atoms with Crippen molar-refractivity contribution in [2.75, 3.05) is 7.11 Å². The molecule has 0 amide bonds. The van der Waals surface area contributed by atoms with Gasteiger partial charge in [-0.25, -0.2) is 4.39 Å². The smallest absolute Gasteiger partial charge is 0.263 e. The van der Waals surface area contributed by atoms with Crippen molar-refractivity contribution in [1.82, 2.24) is 15.1 Å². The normalized spacial score (nSPS) is 11.0. The molecule has 1 N–H and O–H groups in total. The molecular formula is C18H12FN3O3. The number of nitrogens with one attached hydrogen (secondary N) is 1. The number of benzene rings is 2. The van der Waals surface area contributed by atoms with E-state index in [4.69, 9.17) is 9.26 Å². The predicted molar refractivity (Wildman–Crippen MR) is 89.8 cm³/mol. The van der Waals surface area contributed by atoms with Gasteiger partial charge >= 0.3 is 0 Å². The first-order valence-corrected chi connectivity index (χ1v) is 7.46. The molecule has 0 spiro atoms.